The van der Waals surface area contributed by atoms with Crippen molar-refractivity contribution in [2.45, 2.75) is 28.3 Å². The summed E-state index contributed by atoms with van der Waals surface area (Å²) in [5.41, 5.74) is 11.0. The Morgan fingerprint density at radius 1 is 1.39 bits per heavy atom. The zero-order chi connectivity index (χ0) is 20.9. The number of anilines is 2. The Kier molecular flexibility index (Phi) is 4.21. The van der Waals surface area contributed by atoms with Gasteiger partial charge in [-0.3, -0.25) is 9.36 Å². The van der Waals surface area contributed by atoms with E-state index in [9.17, 15) is 20.1 Å². The monoisotopic (exact) mass is 407 g/mol. The Labute approximate surface area is 163 Å². The van der Waals surface area contributed by atoms with Gasteiger partial charge < -0.3 is 36.5 Å². The molecule has 1 fully saturated rings. The average molecular weight is 407 g/mol. The second kappa shape index (κ2) is 6.76. The molecule has 1 aliphatic heterocycles. The average Bonchev–Trinajstić information content (AvgIpc) is 3.25. The molecule has 8 N–H and O–H groups in total. The first-order valence-corrected chi connectivity index (χ1v) is 9.05. The first-order chi connectivity index (χ1) is 13.8. The van der Waals surface area contributed by atoms with Gasteiger partial charge in [-0.1, -0.05) is 23.9 Å². The Morgan fingerprint density at radius 2 is 2.14 bits per heavy atom. The number of hydrogen-bond acceptors (Lipinski definition) is 10. The molecule has 4 rings (SSSR count). The summed E-state index contributed by atoms with van der Waals surface area (Å²) in [7, 11) is 0. The van der Waals surface area contributed by atoms with E-state index in [1.54, 1.807) is 24.3 Å². The number of thioether (sulfide) groups is 1. The molecular formula is C16H18N6O5S. The quantitative estimate of drug-likeness (QED) is 0.287. The number of nitrogens with two attached hydrogens (primary N) is 2. The van der Waals surface area contributed by atoms with Crippen LogP contribution in [0, 0.1) is 0 Å². The van der Waals surface area contributed by atoms with Crippen LogP contribution in [0.5, 0.6) is 0 Å². The Balaban J connectivity index is 1.99. The van der Waals surface area contributed by atoms with E-state index >= 15 is 0 Å². The topological polar surface area (TPSA) is 186 Å². The lowest BCUT2D eigenvalue weighted by Crippen LogP contribution is -2.43. The van der Waals surface area contributed by atoms with Crippen LogP contribution < -0.4 is 17.0 Å². The van der Waals surface area contributed by atoms with Crippen molar-refractivity contribution >= 4 is 34.6 Å². The van der Waals surface area contributed by atoms with Crippen molar-refractivity contribution < 1.29 is 21.5 Å². The number of hydrogen-bond donors (Lipinski definition) is 6. The van der Waals surface area contributed by atoms with Crippen molar-refractivity contribution in [3.63, 3.8) is 0 Å². The second-order valence-corrected chi connectivity index (χ2v) is 7.45. The number of rotatable bonds is 4. The summed E-state index contributed by atoms with van der Waals surface area (Å²) in [4.78, 5) is 20.9. The summed E-state index contributed by atoms with van der Waals surface area (Å²) >= 11 is 0.944. The lowest BCUT2D eigenvalue weighted by molar-refractivity contribution is -0.0776. The van der Waals surface area contributed by atoms with Crippen LogP contribution in [0.2, 0.25) is 1.41 Å². The van der Waals surface area contributed by atoms with Gasteiger partial charge in [-0.15, -0.1) is 0 Å². The number of benzene rings is 1. The van der Waals surface area contributed by atoms with Gasteiger partial charge in [0, 0.05) is 10.6 Å². The van der Waals surface area contributed by atoms with Gasteiger partial charge in [-0.2, -0.15) is 4.98 Å². The molecule has 28 heavy (non-hydrogen) atoms. The Morgan fingerprint density at radius 3 is 2.82 bits per heavy atom. The molecule has 1 saturated heterocycles. The highest BCUT2D eigenvalue weighted by Gasteiger charge is 2.57. The summed E-state index contributed by atoms with van der Waals surface area (Å²) in [5, 5.41) is 29.1. The van der Waals surface area contributed by atoms with E-state index in [-0.39, 0.29) is 11.2 Å². The molecule has 0 bridgehead atoms. The zero-order valence-corrected chi connectivity index (χ0v) is 15.2. The van der Waals surface area contributed by atoms with E-state index in [4.69, 9.17) is 17.6 Å². The van der Waals surface area contributed by atoms with E-state index in [0.717, 1.165) is 11.8 Å². The molecular weight excluding hydrogens is 388 g/mol. The number of H-pyrrole nitrogens is 1. The third-order valence-corrected chi connectivity index (χ3v) is 5.89. The Hall–Kier alpha value is -2.64. The van der Waals surface area contributed by atoms with Crippen molar-refractivity contribution in [3.05, 3.63) is 40.9 Å². The minimum absolute atomic E-state index is 0.102. The molecule has 4 atom stereocenters. The van der Waals surface area contributed by atoms with Crippen LogP contribution in [0.25, 0.3) is 11.2 Å². The van der Waals surface area contributed by atoms with E-state index in [1.165, 1.54) is 10.9 Å². The molecule has 0 aliphatic carbocycles. The van der Waals surface area contributed by atoms with Crippen molar-refractivity contribution in [2.75, 3.05) is 18.1 Å². The smallest absolute Gasteiger partial charge is 0.302 e. The van der Waals surface area contributed by atoms with Gasteiger partial charge in [0.05, 0.1) is 6.61 Å². The number of para-hydroxylation sites is 1. The molecule has 1 aromatic carbocycles. The molecule has 0 unspecified atom stereocenters. The lowest BCUT2D eigenvalue weighted by atomic mass is 10.1. The van der Waals surface area contributed by atoms with Crippen LogP contribution in [0.4, 0.5) is 11.6 Å². The third kappa shape index (κ3) is 2.73. The highest BCUT2D eigenvalue weighted by Crippen LogP contribution is 2.49. The number of aromatic amines is 1. The van der Waals surface area contributed by atoms with Crippen molar-refractivity contribution in [2.24, 2.45) is 0 Å². The number of fused-ring (bicyclic) bond motifs is 1. The highest BCUT2D eigenvalue weighted by molar-refractivity contribution is 8.00. The van der Waals surface area contributed by atoms with Crippen LogP contribution in [0.15, 0.2) is 40.3 Å². The zero-order valence-electron chi connectivity index (χ0n) is 15.3. The fraction of sp³-hybridized carbons (Fsp3) is 0.312. The Bertz CT molecular complexity index is 1140. The van der Waals surface area contributed by atoms with E-state index in [2.05, 4.69) is 9.97 Å². The van der Waals surface area contributed by atoms with Crippen LogP contribution in [-0.2, 0) is 9.79 Å². The number of ether oxygens (including phenoxy) is 1. The first-order valence-electron chi connectivity index (χ1n) is 8.68. The number of aromatic nitrogens is 4. The minimum atomic E-state index is -1.81. The van der Waals surface area contributed by atoms with Crippen LogP contribution in [-0.4, -0.2) is 59.8 Å². The lowest BCUT2D eigenvalue weighted by Gasteiger charge is -2.33. The van der Waals surface area contributed by atoms with E-state index in [0.29, 0.717) is 15.6 Å². The summed E-state index contributed by atoms with van der Waals surface area (Å²) in [6.07, 6.45) is -2.99. The number of nitrogens with zero attached hydrogens (tertiary/aromatic N) is 3. The maximum atomic E-state index is 12.2. The number of aliphatic hydroxyl groups is 3. The van der Waals surface area contributed by atoms with Gasteiger partial charge in [-0.05, 0) is 12.1 Å². The van der Waals surface area contributed by atoms with Gasteiger partial charge in [0.1, 0.15) is 30.3 Å². The molecule has 0 radical (unpaired) electrons. The molecule has 0 saturated carbocycles. The predicted octanol–water partition coefficient (Wildman–Crippen LogP) is -1.20. The van der Waals surface area contributed by atoms with E-state index in [1.807, 2.05) is 0 Å². The normalized spacial score (nSPS) is 28.0. The molecule has 1 aliphatic rings. The standard InChI is InChI=1S/C16H18N6O5S/c17-7-3-1-2-4-9(7)28-16(12(25)11(24)8(5-23)27-16)22-6-19-10-13(22)20-15(18)21-14(10)26/h1-4,6,8,11-12,23-25H,5,17H2,(H3,18,20,21,26)/t8-,11-,12-,16+/m1/s1/i/hD. The first kappa shape index (κ1) is 17.5. The molecule has 148 valence electrons. The number of nitrogen functional groups attached to an aromatic ring is 2. The number of aliphatic hydroxyl groups excluding tert-OH is 3. The SMILES string of the molecule is [2H]n1c(N)nc(=O)c2ncn([C@]3(Sc4ccccc4N)O[C@H](CO)[C@@H](O)[C@H]3O)c21. The molecule has 11 nitrogen and oxygen atoms in total. The maximum Gasteiger partial charge on any atom is 0.302 e. The van der Waals surface area contributed by atoms with Crippen molar-refractivity contribution in [1.29, 1.82) is 0 Å². The molecule has 12 heteroatoms. The number of imidazole rings is 1. The predicted molar refractivity (Wildman–Crippen MR) is 101 cm³/mol. The van der Waals surface area contributed by atoms with Crippen LogP contribution in [0.1, 0.15) is 0 Å². The van der Waals surface area contributed by atoms with Crippen molar-refractivity contribution in [1.82, 2.24) is 19.5 Å². The second-order valence-electron chi connectivity index (χ2n) is 6.22. The fourth-order valence-electron chi connectivity index (χ4n) is 3.10. The summed E-state index contributed by atoms with van der Waals surface area (Å²) < 4.78 is 15.3. The molecule has 0 amide bonds. The van der Waals surface area contributed by atoms with Gasteiger partial charge >= 0.3 is 5.56 Å². The maximum absolute atomic E-state index is 12.2. The highest BCUT2D eigenvalue weighted by atomic mass is 32.2. The number of nitrogens with one attached hydrogen (secondary N) is 1. The van der Waals surface area contributed by atoms with Gasteiger partial charge in [-0.25, -0.2) is 4.98 Å². The van der Waals surface area contributed by atoms with Gasteiger partial charge in [0.2, 0.25) is 11.0 Å². The largest absolute Gasteiger partial charge is 0.398 e. The van der Waals surface area contributed by atoms with Gasteiger partial charge in [0.25, 0.3) is 0 Å². The summed E-state index contributed by atoms with van der Waals surface area (Å²) in [6.45, 7) is -0.575. The van der Waals surface area contributed by atoms with E-state index < -0.39 is 41.5 Å². The van der Waals surface area contributed by atoms with Gasteiger partial charge in [0.15, 0.2) is 6.93 Å². The van der Waals surface area contributed by atoms with Crippen LogP contribution >= 0.6 is 11.8 Å². The third-order valence-electron chi connectivity index (χ3n) is 4.47. The van der Waals surface area contributed by atoms with Crippen molar-refractivity contribution in [3.8, 4) is 0 Å². The minimum Gasteiger partial charge on any atom is -0.398 e. The summed E-state index contributed by atoms with van der Waals surface area (Å²) in [6, 6.07) is 6.77. The molecule has 2 aromatic heterocycles. The summed E-state index contributed by atoms with van der Waals surface area (Å²) in [5.74, 6) is -0.393. The van der Waals surface area contributed by atoms with Crippen LogP contribution in [0.3, 0.4) is 0 Å². The molecule has 0 spiro atoms. The molecule has 3 heterocycles. The molecule has 3 aromatic rings. The fourth-order valence-corrected chi connectivity index (χ4v) is 4.41.